The summed E-state index contributed by atoms with van der Waals surface area (Å²) in [6.45, 7) is 6.49. The Labute approximate surface area is 265 Å². The molecule has 8 rings (SSSR count). The van der Waals surface area contributed by atoms with Crippen LogP contribution in [0.4, 0.5) is 4.39 Å². The second-order valence-corrected chi connectivity index (χ2v) is 13.8. The molecule has 2 saturated carbocycles. The molecule has 3 N–H and O–H groups in total. The van der Waals surface area contributed by atoms with E-state index in [0.29, 0.717) is 39.6 Å². The van der Waals surface area contributed by atoms with Crippen LogP contribution in [0.1, 0.15) is 81.6 Å². The van der Waals surface area contributed by atoms with Crippen molar-refractivity contribution in [2.75, 3.05) is 6.54 Å². The zero-order valence-electron chi connectivity index (χ0n) is 24.8. The Morgan fingerprint density at radius 2 is 2.07 bits per heavy atom. The first kappa shape index (κ1) is 29.5. The van der Waals surface area contributed by atoms with Gasteiger partial charge in [0.05, 0.1) is 45.5 Å². The Balaban J connectivity index is 1.54. The normalized spacial score (nSPS) is 22.9. The van der Waals surface area contributed by atoms with Crippen LogP contribution in [-0.2, 0) is 11.2 Å². The van der Waals surface area contributed by atoms with Gasteiger partial charge >= 0.3 is 0 Å². The van der Waals surface area contributed by atoms with Gasteiger partial charge in [-0.15, -0.1) is 0 Å². The molecule has 2 aliphatic heterocycles. The largest absolute Gasteiger partial charge is 0.387 e. The van der Waals surface area contributed by atoms with E-state index >= 15 is 4.39 Å². The second kappa shape index (κ2) is 10.7. The van der Waals surface area contributed by atoms with E-state index in [4.69, 9.17) is 28.2 Å². The lowest BCUT2D eigenvalue weighted by molar-refractivity contribution is -0.126. The Morgan fingerprint density at radius 1 is 1.30 bits per heavy atom. The number of carbonyl (C=O) groups excluding carboxylic acids is 1. The van der Waals surface area contributed by atoms with Gasteiger partial charge in [0.25, 0.3) is 0 Å². The molecule has 44 heavy (non-hydrogen) atoms. The summed E-state index contributed by atoms with van der Waals surface area (Å²) >= 11 is 13.0. The molecule has 7 nitrogen and oxygen atoms in total. The number of nitrogens with one attached hydrogen (secondary N) is 2. The van der Waals surface area contributed by atoms with Gasteiger partial charge in [-0.2, -0.15) is 5.26 Å². The quantitative estimate of drug-likeness (QED) is 0.189. The molecule has 2 aliphatic carbocycles. The zero-order chi connectivity index (χ0) is 31.1. The molecule has 4 heterocycles. The molecule has 2 aromatic carbocycles. The number of rotatable bonds is 8. The Hall–Kier alpha value is -3.22. The highest BCUT2D eigenvalue weighted by Crippen LogP contribution is 2.50. The molecule has 1 amide bonds. The molecular formula is C34H34Cl2FN5O2. The van der Waals surface area contributed by atoms with Crippen molar-refractivity contribution in [2.45, 2.75) is 77.1 Å². The van der Waals surface area contributed by atoms with Gasteiger partial charge in [0.15, 0.2) is 5.82 Å². The van der Waals surface area contributed by atoms with E-state index in [9.17, 15) is 15.2 Å². The molecule has 4 aliphatic rings. The predicted octanol–water partition coefficient (Wildman–Crippen LogP) is 7.32. The molecule has 0 spiro atoms. The number of amides is 1. The van der Waals surface area contributed by atoms with Gasteiger partial charge in [0.1, 0.15) is 5.52 Å². The lowest BCUT2D eigenvalue weighted by Gasteiger charge is -2.38. The van der Waals surface area contributed by atoms with Crippen LogP contribution in [0.2, 0.25) is 10.0 Å². The number of aliphatic hydroxyl groups excluding tert-OH is 1. The monoisotopic (exact) mass is 633 g/mol. The van der Waals surface area contributed by atoms with Crippen molar-refractivity contribution >= 4 is 50.9 Å². The number of halogens is 3. The van der Waals surface area contributed by atoms with Crippen LogP contribution in [0.3, 0.4) is 0 Å². The Kier molecular flexibility index (Phi) is 7.17. The minimum absolute atomic E-state index is 0.0307. The number of pyridine rings is 1. The third-order valence-corrected chi connectivity index (χ3v) is 10.8. The molecule has 2 saturated heterocycles. The van der Waals surface area contributed by atoms with Crippen molar-refractivity contribution in [1.29, 1.82) is 5.26 Å². The number of hydrogen-bond donors (Lipinski definition) is 3. The summed E-state index contributed by atoms with van der Waals surface area (Å²) in [7, 11) is 0. The van der Waals surface area contributed by atoms with Gasteiger partial charge in [-0.25, -0.2) is 9.37 Å². The molecule has 10 heteroatoms. The van der Waals surface area contributed by atoms with Crippen molar-refractivity contribution in [3.63, 3.8) is 0 Å². The van der Waals surface area contributed by atoms with Crippen LogP contribution in [-0.4, -0.2) is 33.2 Å². The van der Waals surface area contributed by atoms with Crippen molar-refractivity contribution in [3.8, 4) is 17.2 Å². The van der Waals surface area contributed by atoms with Crippen LogP contribution < -0.4 is 10.6 Å². The number of aliphatic hydroxyl groups is 1. The SMILES string of the molecule is CC(O)c1nc2c(F)c(-c3cccc(Cl)c3Cl)c(CCC#N)cc2c2c1cc(C(C)NC(=O)C1(C)CC1)n2[C@H]1[C@H]2CN[C@@H]1C2. The van der Waals surface area contributed by atoms with Crippen LogP contribution in [0.15, 0.2) is 30.3 Å². The van der Waals surface area contributed by atoms with E-state index in [1.807, 2.05) is 26.0 Å². The van der Waals surface area contributed by atoms with E-state index in [1.165, 1.54) is 0 Å². The first-order valence-electron chi connectivity index (χ1n) is 15.3. The topological polar surface area (TPSA) is 103 Å². The van der Waals surface area contributed by atoms with Gasteiger partial charge in [-0.3, -0.25) is 4.79 Å². The summed E-state index contributed by atoms with van der Waals surface area (Å²) in [5.74, 6) is -0.151. The van der Waals surface area contributed by atoms with Gasteiger partial charge in [0.2, 0.25) is 5.91 Å². The molecule has 2 aromatic heterocycles. The molecule has 4 fully saturated rings. The summed E-state index contributed by atoms with van der Waals surface area (Å²) in [5, 5.41) is 29.2. The number of aryl methyl sites for hydroxylation is 1. The van der Waals surface area contributed by atoms with Gasteiger partial charge in [0, 0.05) is 52.0 Å². The Bertz CT molecular complexity index is 1880. The molecule has 228 valence electrons. The van der Waals surface area contributed by atoms with Crippen molar-refractivity contribution in [3.05, 3.63) is 63.1 Å². The summed E-state index contributed by atoms with van der Waals surface area (Å²) in [4.78, 5) is 17.9. The smallest absolute Gasteiger partial charge is 0.226 e. The lowest BCUT2D eigenvalue weighted by atomic mass is 9.79. The maximum Gasteiger partial charge on any atom is 0.226 e. The molecule has 0 radical (unpaired) electrons. The van der Waals surface area contributed by atoms with Crippen molar-refractivity contribution in [1.82, 2.24) is 20.2 Å². The summed E-state index contributed by atoms with van der Waals surface area (Å²) in [5.41, 5.74) is 3.14. The minimum atomic E-state index is -0.979. The fourth-order valence-electron chi connectivity index (χ4n) is 7.23. The van der Waals surface area contributed by atoms with Crippen molar-refractivity contribution < 1.29 is 14.3 Å². The highest BCUT2D eigenvalue weighted by atomic mass is 35.5. The number of benzene rings is 2. The number of aromatic nitrogens is 2. The number of hydrogen-bond acceptors (Lipinski definition) is 5. The highest BCUT2D eigenvalue weighted by molar-refractivity contribution is 6.43. The lowest BCUT2D eigenvalue weighted by Crippen LogP contribution is -2.41. The Morgan fingerprint density at radius 3 is 2.70 bits per heavy atom. The molecule has 5 atom stereocenters. The number of carbonyl (C=O) groups is 1. The van der Waals surface area contributed by atoms with Crippen LogP contribution in [0, 0.1) is 28.5 Å². The maximum atomic E-state index is 17.0. The third-order valence-electron chi connectivity index (χ3n) is 10.0. The van der Waals surface area contributed by atoms with E-state index in [1.54, 1.807) is 25.1 Å². The first-order chi connectivity index (χ1) is 21.0. The molecule has 4 aromatic rings. The predicted molar refractivity (Wildman–Crippen MR) is 170 cm³/mol. The number of nitriles is 1. The fraction of sp³-hybridized carbons (Fsp3) is 0.441. The van der Waals surface area contributed by atoms with Crippen molar-refractivity contribution in [2.24, 2.45) is 11.3 Å². The third kappa shape index (κ3) is 4.51. The van der Waals surface area contributed by atoms with E-state index in [-0.39, 0.29) is 52.0 Å². The van der Waals surface area contributed by atoms with E-state index in [0.717, 1.165) is 42.4 Å². The number of nitrogens with zero attached hydrogens (tertiary/aromatic N) is 3. The second-order valence-electron chi connectivity index (χ2n) is 13.0. The van der Waals surface area contributed by atoms with E-state index in [2.05, 4.69) is 21.3 Å². The van der Waals surface area contributed by atoms with Gasteiger partial charge in [-0.05, 0) is 69.2 Å². The highest BCUT2D eigenvalue weighted by Gasteiger charge is 2.50. The van der Waals surface area contributed by atoms with Gasteiger partial charge < -0.3 is 20.3 Å². The minimum Gasteiger partial charge on any atom is -0.387 e. The molecule has 2 unspecified atom stereocenters. The standard InChI is InChI=1S/C34H34Cl2FN5O2/c1-16(40-33(44)34(3)9-10-34)25-14-22-29(17(2)43)41-30-21(32(22)42(25)31-19-13-24(31)39-15-19)12-18(6-5-11-38)26(28(30)37)20-7-4-8-23(35)27(20)36/h4,7-8,12,14,16-17,19,24,31,39,43H,5-6,9-10,13,15H2,1-3H3,(H,40,44)/t16?,17?,19-,24-,31+/m1/s1. The van der Waals surface area contributed by atoms with E-state index < -0.39 is 11.9 Å². The summed E-state index contributed by atoms with van der Waals surface area (Å²) in [6, 6.07) is 11.2. The first-order valence-corrected chi connectivity index (χ1v) is 16.0. The summed E-state index contributed by atoms with van der Waals surface area (Å²) < 4.78 is 19.3. The zero-order valence-corrected chi connectivity index (χ0v) is 26.4. The average Bonchev–Trinajstić information content (AvgIpc) is 3.32. The van der Waals surface area contributed by atoms with Crippen LogP contribution in [0.5, 0.6) is 0 Å². The fourth-order valence-corrected chi connectivity index (χ4v) is 7.62. The van der Waals surface area contributed by atoms with Gasteiger partial charge in [-0.1, -0.05) is 42.3 Å². The van der Waals surface area contributed by atoms with Crippen LogP contribution >= 0.6 is 23.2 Å². The molecule has 2 bridgehead atoms. The maximum absolute atomic E-state index is 17.0. The molecular weight excluding hydrogens is 600 g/mol. The average molecular weight is 635 g/mol. The number of fused-ring (bicyclic) bond motifs is 4. The van der Waals surface area contributed by atoms with Crippen LogP contribution in [0.25, 0.3) is 32.9 Å². The summed E-state index contributed by atoms with van der Waals surface area (Å²) in [6.07, 6.45) is 2.30.